The Kier molecular flexibility index (Phi) is 75.0. The molecule has 0 aliphatic rings. The molecule has 0 spiro atoms. The second kappa shape index (κ2) is 79.4. The van der Waals surface area contributed by atoms with Gasteiger partial charge in [-0.05, 0) is 154 Å². The van der Waals surface area contributed by atoms with Gasteiger partial charge in [0.1, 0.15) is 19.8 Å². The van der Waals surface area contributed by atoms with Gasteiger partial charge in [-0.15, -0.1) is 0 Å². The highest BCUT2D eigenvalue weighted by Crippen LogP contribution is 2.38. The smallest absolute Gasteiger partial charge is 0.306 e. The van der Waals surface area contributed by atoms with E-state index in [1.54, 1.807) is 0 Å². The minimum Gasteiger partial charge on any atom is -0.756 e. The third kappa shape index (κ3) is 83.3. The lowest BCUT2D eigenvalue weighted by atomic mass is 10.0. The minimum absolute atomic E-state index is 0.0448. The fraction of sp³-hybridized carbons (Fsp3) is 0.587. The first-order valence-electron chi connectivity index (χ1n) is 40.4. The highest BCUT2D eigenvalue weighted by molar-refractivity contribution is 7.45. The number of ether oxygens (including phenoxy) is 2. The molecule has 0 aliphatic carbocycles. The van der Waals surface area contributed by atoms with E-state index in [9.17, 15) is 19.0 Å². The normalized spacial score (nSPS) is 14.2. The molecule has 10 heteroatoms. The maximum Gasteiger partial charge on any atom is 0.306 e. The second-order valence-corrected chi connectivity index (χ2v) is 28.7. The van der Waals surface area contributed by atoms with Gasteiger partial charge in [-0.2, -0.15) is 0 Å². The summed E-state index contributed by atoms with van der Waals surface area (Å²) in [5.41, 5.74) is 0. The highest BCUT2D eigenvalue weighted by Gasteiger charge is 2.22. The van der Waals surface area contributed by atoms with Crippen molar-refractivity contribution in [3.8, 4) is 0 Å². The molecule has 0 saturated carbocycles. The monoisotopic (exact) mass is 1430 g/mol. The number of hydrogen-bond acceptors (Lipinski definition) is 8. The molecule has 0 heterocycles. The zero-order chi connectivity index (χ0) is 74.0. The van der Waals surface area contributed by atoms with Crippen molar-refractivity contribution in [1.82, 2.24) is 0 Å². The van der Waals surface area contributed by atoms with Crippen molar-refractivity contribution in [3.63, 3.8) is 0 Å². The first-order chi connectivity index (χ1) is 50.0. The Bertz CT molecular complexity index is 2530. The Morgan fingerprint density at radius 1 is 0.304 bits per heavy atom. The van der Waals surface area contributed by atoms with E-state index in [1.807, 2.05) is 21.1 Å². The van der Waals surface area contributed by atoms with Crippen molar-refractivity contribution in [3.05, 3.63) is 219 Å². The number of carbonyl (C=O) groups is 2. The molecular weight excluding hydrogens is 1280 g/mol. The molecule has 2 unspecified atom stereocenters. The number of allylic oxidation sites excluding steroid dienone is 36. The number of rotatable bonds is 72. The van der Waals surface area contributed by atoms with Crippen LogP contribution in [0.2, 0.25) is 0 Å². The van der Waals surface area contributed by atoms with Crippen LogP contribution in [0.1, 0.15) is 296 Å². The van der Waals surface area contributed by atoms with Crippen molar-refractivity contribution in [2.75, 3.05) is 47.5 Å². The van der Waals surface area contributed by atoms with Gasteiger partial charge in [0.15, 0.2) is 6.10 Å². The van der Waals surface area contributed by atoms with E-state index in [2.05, 4.69) is 233 Å². The first kappa shape index (κ1) is 96.3. The van der Waals surface area contributed by atoms with Crippen LogP contribution in [0.3, 0.4) is 0 Å². The Morgan fingerprint density at radius 3 is 0.784 bits per heavy atom. The van der Waals surface area contributed by atoms with Crippen LogP contribution in [0.5, 0.6) is 0 Å². The molecule has 2 atom stereocenters. The molecule has 0 aromatic heterocycles. The number of phosphoric acid groups is 1. The van der Waals surface area contributed by atoms with Crippen LogP contribution in [-0.2, 0) is 32.7 Å². The molecule has 0 bridgehead atoms. The number of hydrogen-bond donors (Lipinski definition) is 0. The highest BCUT2D eigenvalue weighted by atomic mass is 31.2. The summed E-state index contributed by atoms with van der Waals surface area (Å²) in [7, 11) is 1.13. The number of carbonyl (C=O) groups excluding carboxylic acids is 2. The van der Waals surface area contributed by atoms with E-state index in [4.69, 9.17) is 18.5 Å². The van der Waals surface area contributed by atoms with Crippen molar-refractivity contribution >= 4 is 19.8 Å². The van der Waals surface area contributed by atoms with Crippen LogP contribution in [0, 0.1) is 0 Å². The average Bonchev–Trinajstić information content (AvgIpc) is 0.914. The Labute approximate surface area is 627 Å². The Balaban J connectivity index is 4.09. The fourth-order valence-electron chi connectivity index (χ4n) is 10.4. The van der Waals surface area contributed by atoms with Crippen LogP contribution in [-0.4, -0.2) is 70.0 Å². The minimum atomic E-state index is -4.67. The molecule has 0 aromatic rings. The van der Waals surface area contributed by atoms with Gasteiger partial charge < -0.3 is 27.9 Å². The van der Waals surface area contributed by atoms with Gasteiger partial charge in [-0.1, -0.05) is 348 Å². The van der Waals surface area contributed by atoms with Gasteiger partial charge in [0.2, 0.25) is 0 Å². The Hall–Kier alpha value is -5.67. The lowest BCUT2D eigenvalue weighted by Gasteiger charge is -2.28. The number of unbranched alkanes of at least 4 members (excludes halogenated alkanes) is 22. The zero-order valence-corrected chi connectivity index (χ0v) is 66.4. The number of quaternary nitrogens is 1. The van der Waals surface area contributed by atoms with Crippen molar-refractivity contribution in [2.45, 2.75) is 302 Å². The van der Waals surface area contributed by atoms with Crippen molar-refractivity contribution in [1.29, 1.82) is 0 Å². The molecule has 574 valence electrons. The standard InChI is InChI=1S/C92H148NO8P/c1-6-8-10-12-14-16-18-20-22-24-26-28-30-32-34-36-38-40-42-44-46-48-50-52-54-56-58-60-62-64-66-68-70-72-74-76-78-80-82-84-91(94)98-88-90(89-100-102(96,97)99-87-86-93(3,4)5)101-92(95)85-83-81-79-77-75-73-71-69-67-65-63-61-59-57-55-53-51-49-47-45-43-41-39-37-35-33-31-29-27-25-23-21-19-17-15-13-11-9-7-2/h8-11,14-17,20-23,26-29,32-35,38-41,44-47,51,53,57,59,63,65,69,71,90H,6-7,12-13,18-19,24-25,30-31,36-37,42-43,48-50,52,54-56,58,60-62,64,66-68,70,72-89H2,1-5H3/b10-8-,11-9-,16-14-,17-15-,22-20-,23-21-,28-26-,29-27-,34-32-,35-33-,40-38-,41-39-,46-44-,47-45-,53-51-,59-57-,65-63-,71-69-. The van der Waals surface area contributed by atoms with Gasteiger partial charge in [-0.25, -0.2) is 0 Å². The molecular formula is C92H148NO8P. The van der Waals surface area contributed by atoms with Gasteiger partial charge >= 0.3 is 11.9 Å². The van der Waals surface area contributed by atoms with Crippen LogP contribution in [0.15, 0.2) is 219 Å². The Morgan fingerprint density at radius 2 is 0.529 bits per heavy atom. The largest absolute Gasteiger partial charge is 0.756 e. The molecule has 102 heavy (non-hydrogen) atoms. The SMILES string of the molecule is CC/C=C\C/C=C\C/C=C\C/C=C\C/C=C\C/C=C\C/C=C\C/C=C\C/C=C\C/C=C\C/C=C\CCCCCCCC(=O)OC(COC(=O)CCCCCCCCCCCCCCCCCCC/C=C\C/C=C\C/C=C\C/C=C\C/C=C\C/C=C\C/C=C\CC)COP(=O)([O-])OCC[N+](C)(C)C. The molecule has 0 aromatic carbocycles. The molecule has 0 rings (SSSR count). The van der Waals surface area contributed by atoms with Crippen molar-refractivity contribution < 1.29 is 42.1 Å². The zero-order valence-electron chi connectivity index (χ0n) is 65.5. The van der Waals surface area contributed by atoms with E-state index in [0.717, 1.165) is 167 Å². The van der Waals surface area contributed by atoms with E-state index in [-0.39, 0.29) is 26.1 Å². The second-order valence-electron chi connectivity index (χ2n) is 27.3. The molecule has 0 saturated heterocycles. The summed E-state index contributed by atoms with van der Waals surface area (Å²) in [4.78, 5) is 38.2. The third-order valence-corrected chi connectivity index (χ3v) is 17.5. The average molecular weight is 1430 g/mol. The van der Waals surface area contributed by atoms with Gasteiger partial charge in [-0.3, -0.25) is 14.2 Å². The molecule has 0 radical (unpaired) electrons. The first-order valence-corrected chi connectivity index (χ1v) is 41.9. The van der Waals surface area contributed by atoms with Gasteiger partial charge in [0.25, 0.3) is 7.82 Å². The summed E-state index contributed by atoms with van der Waals surface area (Å²) in [5, 5.41) is 0. The predicted molar refractivity (Wildman–Crippen MR) is 442 cm³/mol. The predicted octanol–water partition coefficient (Wildman–Crippen LogP) is 26.9. The maximum atomic E-state index is 12.9. The fourth-order valence-corrected chi connectivity index (χ4v) is 11.1. The lowest BCUT2D eigenvalue weighted by Crippen LogP contribution is -2.37. The van der Waals surface area contributed by atoms with E-state index >= 15 is 0 Å². The summed E-state index contributed by atoms with van der Waals surface area (Å²) in [6.45, 7) is 3.98. The summed E-state index contributed by atoms with van der Waals surface area (Å²) >= 11 is 0. The number of likely N-dealkylation sites (N-methyl/N-ethyl adjacent to an activating group) is 1. The number of nitrogens with zero attached hydrogens (tertiary/aromatic N) is 1. The topological polar surface area (TPSA) is 111 Å². The summed E-state index contributed by atoms with van der Waals surface area (Å²) in [5.74, 6) is -0.863. The van der Waals surface area contributed by atoms with Gasteiger partial charge in [0, 0.05) is 12.8 Å². The van der Waals surface area contributed by atoms with E-state index in [0.29, 0.717) is 17.4 Å². The van der Waals surface area contributed by atoms with Crippen LogP contribution in [0.25, 0.3) is 0 Å². The quantitative estimate of drug-likeness (QED) is 0.0195. The number of phosphoric ester groups is 1. The van der Waals surface area contributed by atoms with Crippen molar-refractivity contribution in [2.24, 2.45) is 0 Å². The molecule has 0 N–H and O–H groups in total. The lowest BCUT2D eigenvalue weighted by molar-refractivity contribution is -0.870. The van der Waals surface area contributed by atoms with Gasteiger partial charge in [0.05, 0.1) is 27.7 Å². The third-order valence-electron chi connectivity index (χ3n) is 16.5. The van der Waals surface area contributed by atoms with Crippen LogP contribution in [0.4, 0.5) is 0 Å². The van der Waals surface area contributed by atoms with Crippen LogP contribution < -0.4 is 4.89 Å². The molecule has 0 fully saturated rings. The number of esters is 2. The summed E-state index contributed by atoms with van der Waals surface area (Å²) < 4.78 is 34.4. The van der Waals surface area contributed by atoms with E-state index < -0.39 is 32.5 Å². The van der Waals surface area contributed by atoms with Crippen LogP contribution >= 0.6 is 7.82 Å². The summed E-state index contributed by atoms with van der Waals surface area (Å²) in [6.07, 6.45) is 126. The summed E-state index contributed by atoms with van der Waals surface area (Å²) in [6, 6.07) is 0. The molecule has 0 amide bonds. The molecule has 9 nitrogen and oxygen atoms in total. The van der Waals surface area contributed by atoms with E-state index in [1.165, 1.54) is 96.3 Å². The maximum absolute atomic E-state index is 12.9. The molecule has 0 aliphatic heterocycles.